The maximum Gasteiger partial charge on any atom is 0.236 e. The highest BCUT2D eigenvalue weighted by Gasteiger charge is 2.21. The average Bonchev–Trinajstić information content (AvgIpc) is 2.76. The van der Waals surface area contributed by atoms with Gasteiger partial charge in [0.2, 0.25) is 17.7 Å². The lowest BCUT2D eigenvalue weighted by Gasteiger charge is -2.14. The van der Waals surface area contributed by atoms with Gasteiger partial charge >= 0.3 is 0 Å². The second-order valence-corrected chi connectivity index (χ2v) is 9.94. The molecule has 0 aliphatic carbocycles. The molecule has 4 heteroatoms. The summed E-state index contributed by atoms with van der Waals surface area (Å²) in [6, 6.07) is 0. The van der Waals surface area contributed by atoms with Gasteiger partial charge in [0.05, 0.1) is 0 Å². The minimum absolute atomic E-state index is 0.290. The molecule has 0 heterocycles. The Morgan fingerprint density at radius 3 is 0.909 bits per heavy atom. The molecular formula is C29H55NO3. The van der Waals surface area contributed by atoms with Crippen LogP contribution < -0.4 is 0 Å². The van der Waals surface area contributed by atoms with Crippen molar-refractivity contribution >= 4 is 17.7 Å². The zero-order valence-electron chi connectivity index (χ0n) is 22.4. The van der Waals surface area contributed by atoms with E-state index in [0.717, 1.165) is 24.2 Å². The highest BCUT2D eigenvalue weighted by Crippen LogP contribution is 2.15. The Morgan fingerprint density at radius 2 is 0.667 bits per heavy atom. The fraction of sp³-hybridized carbons (Fsp3) is 0.897. The number of nitrogens with zero attached hydrogens (tertiary/aromatic N) is 1. The van der Waals surface area contributed by atoms with Crippen molar-refractivity contribution in [2.45, 2.75) is 168 Å². The summed E-state index contributed by atoms with van der Waals surface area (Å²) in [5.74, 6) is -1.32. The number of rotatable bonds is 23. The molecule has 4 nitrogen and oxygen atoms in total. The average molecular weight is 466 g/mol. The van der Waals surface area contributed by atoms with Crippen molar-refractivity contribution in [2.24, 2.45) is 0 Å². The summed E-state index contributed by atoms with van der Waals surface area (Å²) >= 11 is 0. The van der Waals surface area contributed by atoms with Crippen LogP contribution in [0.5, 0.6) is 0 Å². The first kappa shape index (κ1) is 31.8. The zero-order chi connectivity index (χ0) is 24.6. The van der Waals surface area contributed by atoms with E-state index in [-0.39, 0.29) is 12.3 Å². The smallest absolute Gasteiger partial charge is 0.236 e. The Morgan fingerprint density at radius 1 is 0.424 bits per heavy atom. The molecule has 3 amide bonds. The number of carbonyl (C=O) groups excluding carboxylic acids is 3. The van der Waals surface area contributed by atoms with Crippen LogP contribution in [0.3, 0.4) is 0 Å². The molecule has 0 saturated carbocycles. The third-order valence-corrected chi connectivity index (χ3v) is 6.62. The maximum atomic E-state index is 11.9. The molecule has 0 radical (unpaired) electrons. The normalized spacial score (nSPS) is 11.0. The van der Waals surface area contributed by atoms with Crippen molar-refractivity contribution in [1.82, 2.24) is 4.90 Å². The predicted molar refractivity (Wildman–Crippen MR) is 140 cm³/mol. The number of amides is 3. The number of hydrogen-bond donors (Lipinski definition) is 0. The van der Waals surface area contributed by atoms with E-state index in [4.69, 9.17) is 0 Å². The van der Waals surface area contributed by atoms with Crippen LogP contribution in [-0.2, 0) is 14.4 Å². The van der Waals surface area contributed by atoms with Gasteiger partial charge in [-0.15, -0.1) is 0 Å². The quantitative estimate of drug-likeness (QED) is 0.142. The molecule has 0 aromatic rings. The van der Waals surface area contributed by atoms with E-state index in [1.54, 1.807) is 0 Å². The first-order chi connectivity index (χ1) is 16.0. The lowest BCUT2D eigenvalue weighted by molar-refractivity contribution is -0.152. The van der Waals surface area contributed by atoms with Crippen molar-refractivity contribution in [3.05, 3.63) is 0 Å². The van der Waals surface area contributed by atoms with Gasteiger partial charge in [-0.05, 0) is 6.42 Å². The van der Waals surface area contributed by atoms with E-state index in [2.05, 4.69) is 6.92 Å². The van der Waals surface area contributed by atoms with Gasteiger partial charge in [-0.25, -0.2) is 4.90 Å². The molecule has 0 saturated heterocycles. The third-order valence-electron chi connectivity index (χ3n) is 6.62. The Kier molecular flexibility index (Phi) is 23.1. The summed E-state index contributed by atoms with van der Waals surface area (Å²) in [5, 5.41) is 0. The minimum atomic E-state index is -0.480. The molecule has 0 bridgehead atoms. The summed E-state index contributed by atoms with van der Waals surface area (Å²) in [6.07, 6.45) is 29.7. The molecule has 0 unspecified atom stereocenters. The lowest BCUT2D eigenvalue weighted by atomic mass is 10.0. The monoisotopic (exact) mass is 465 g/mol. The maximum absolute atomic E-state index is 11.9. The van der Waals surface area contributed by atoms with Gasteiger partial charge in [0.1, 0.15) is 0 Å². The van der Waals surface area contributed by atoms with Crippen LogP contribution in [0.4, 0.5) is 0 Å². The minimum Gasteiger partial charge on any atom is -0.274 e. The SMILES string of the molecule is CCCCCCCCCCCCCCCCCCCCCCCCC(=O)N(C(C)=O)C(C)=O. The van der Waals surface area contributed by atoms with Crippen molar-refractivity contribution in [3.8, 4) is 0 Å². The Bertz CT molecular complexity index is 475. The molecule has 0 aromatic heterocycles. The summed E-state index contributed by atoms with van der Waals surface area (Å²) in [4.78, 5) is 35.4. The van der Waals surface area contributed by atoms with Crippen LogP contribution in [0, 0.1) is 0 Å². The van der Waals surface area contributed by atoms with Crippen molar-refractivity contribution < 1.29 is 14.4 Å². The zero-order valence-corrected chi connectivity index (χ0v) is 22.4. The molecule has 0 aliphatic rings. The third kappa shape index (κ3) is 21.1. The molecule has 0 spiro atoms. The highest BCUT2D eigenvalue weighted by molar-refractivity contribution is 6.09. The van der Waals surface area contributed by atoms with E-state index >= 15 is 0 Å². The molecular weight excluding hydrogens is 410 g/mol. The lowest BCUT2D eigenvalue weighted by Crippen LogP contribution is -2.38. The highest BCUT2D eigenvalue weighted by atomic mass is 16.2. The van der Waals surface area contributed by atoms with Crippen LogP contribution in [0.2, 0.25) is 0 Å². The Labute approximate surface area is 205 Å². The Balaban J connectivity index is 3.25. The van der Waals surface area contributed by atoms with Crippen LogP contribution >= 0.6 is 0 Å². The summed E-state index contributed by atoms with van der Waals surface area (Å²) in [7, 11) is 0. The van der Waals surface area contributed by atoms with Crippen molar-refractivity contribution in [3.63, 3.8) is 0 Å². The first-order valence-electron chi connectivity index (χ1n) is 14.3. The van der Waals surface area contributed by atoms with E-state index in [1.165, 1.54) is 136 Å². The van der Waals surface area contributed by atoms with Gasteiger partial charge in [0.15, 0.2) is 0 Å². The summed E-state index contributed by atoms with van der Waals surface area (Å²) in [6.45, 7) is 4.81. The van der Waals surface area contributed by atoms with Crippen molar-refractivity contribution in [2.75, 3.05) is 0 Å². The Hall–Kier alpha value is -1.19. The van der Waals surface area contributed by atoms with Crippen LogP contribution in [-0.4, -0.2) is 22.6 Å². The number of imide groups is 3. The van der Waals surface area contributed by atoms with Gasteiger partial charge in [-0.2, -0.15) is 0 Å². The molecule has 0 N–H and O–H groups in total. The predicted octanol–water partition coefficient (Wildman–Crippen LogP) is 8.90. The molecule has 0 aliphatic heterocycles. The molecule has 194 valence electrons. The molecule has 0 aromatic carbocycles. The van der Waals surface area contributed by atoms with Crippen LogP contribution in [0.15, 0.2) is 0 Å². The van der Waals surface area contributed by atoms with Gasteiger partial charge in [0, 0.05) is 20.3 Å². The molecule has 0 atom stereocenters. The fourth-order valence-electron chi connectivity index (χ4n) is 4.57. The molecule has 0 rings (SSSR count). The van der Waals surface area contributed by atoms with Crippen LogP contribution in [0.1, 0.15) is 168 Å². The van der Waals surface area contributed by atoms with E-state index in [0.29, 0.717) is 0 Å². The van der Waals surface area contributed by atoms with Gasteiger partial charge < -0.3 is 0 Å². The summed E-state index contributed by atoms with van der Waals surface area (Å²) < 4.78 is 0. The van der Waals surface area contributed by atoms with Gasteiger partial charge in [0.25, 0.3) is 0 Å². The molecule has 33 heavy (non-hydrogen) atoms. The van der Waals surface area contributed by atoms with Crippen molar-refractivity contribution in [1.29, 1.82) is 0 Å². The van der Waals surface area contributed by atoms with E-state index < -0.39 is 11.8 Å². The first-order valence-corrected chi connectivity index (χ1v) is 14.3. The number of unbranched alkanes of at least 4 members (excludes halogenated alkanes) is 21. The van der Waals surface area contributed by atoms with Gasteiger partial charge in [-0.1, -0.05) is 142 Å². The van der Waals surface area contributed by atoms with Gasteiger partial charge in [-0.3, -0.25) is 14.4 Å². The summed E-state index contributed by atoms with van der Waals surface area (Å²) in [5.41, 5.74) is 0. The second kappa shape index (κ2) is 24.0. The fourth-order valence-corrected chi connectivity index (χ4v) is 4.57. The standard InChI is InChI=1S/C29H55NO3/c1-4-5-6-7-8-9-10-11-12-13-14-15-16-17-18-19-20-21-22-23-24-25-26-29(33)30(27(2)31)28(3)32/h4-26H2,1-3H3. The molecule has 0 fully saturated rings. The number of carbonyl (C=O) groups is 3. The van der Waals surface area contributed by atoms with E-state index in [1.807, 2.05) is 0 Å². The van der Waals surface area contributed by atoms with E-state index in [9.17, 15) is 14.4 Å². The topological polar surface area (TPSA) is 54.5 Å². The largest absolute Gasteiger partial charge is 0.274 e. The van der Waals surface area contributed by atoms with Crippen LogP contribution in [0.25, 0.3) is 0 Å². The number of hydrogen-bond acceptors (Lipinski definition) is 3. The second-order valence-electron chi connectivity index (χ2n) is 9.94.